The second-order valence-electron chi connectivity index (χ2n) is 5.98. The van der Waals surface area contributed by atoms with Gasteiger partial charge in [-0.1, -0.05) is 13.8 Å². The molecule has 0 atom stereocenters. The number of amides is 1. The van der Waals surface area contributed by atoms with E-state index in [9.17, 15) is 21.6 Å². The quantitative estimate of drug-likeness (QED) is 0.639. The van der Waals surface area contributed by atoms with Crippen LogP contribution in [0.25, 0.3) is 0 Å². The Bertz CT molecular complexity index is 1090. The molecule has 0 saturated heterocycles. The molecule has 0 radical (unpaired) electrons. The lowest BCUT2D eigenvalue weighted by Gasteiger charge is -2.18. The van der Waals surface area contributed by atoms with Crippen LogP contribution in [0.2, 0.25) is 0 Å². The highest BCUT2D eigenvalue weighted by atomic mass is 32.2. The van der Waals surface area contributed by atoms with E-state index in [1.165, 1.54) is 53.9 Å². The lowest BCUT2D eigenvalue weighted by atomic mass is 10.2. The Kier molecular flexibility index (Phi) is 7.01. The van der Waals surface area contributed by atoms with Crippen LogP contribution in [0.5, 0.6) is 5.75 Å². The molecule has 29 heavy (non-hydrogen) atoms. The third-order valence-electron chi connectivity index (χ3n) is 4.19. The number of anilines is 1. The maximum Gasteiger partial charge on any atom is 0.255 e. The number of carbonyl (C=O) groups is 1. The molecule has 0 spiro atoms. The monoisotopic (exact) mass is 441 g/mol. The van der Waals surface area contributed by atoms with Gasteiger partial charge in [0.25, 0.3) is 5.91 Å². The Balaban J connectivity index is 2.27. The largest absolute Gasteiger partial charge is 0.495 e. The number of primary sulfonamides is 1. The molecule has 0 aliphatic carbocycles. The molecule has 158 valence electrons. The van der Waals surface area contributed by atoms with Gasteiger partial charge in [0.15, 0.2) is 0 Å². The molecule has 2 aromatic carbocycles. The maximum absolute atomic E-state index is 12.5. The number of sulfonamides is 2. The first kappa shape index (κ1) is 22.8. The van der Waals surface area contributed by atoms with Crippen molar-refractivity contribution in [3.63, 3.8) is 0 Å². The van der Waals surface area contributed by atoms with E-state index in [2.05, 4.69) is 5.32 Å². The van der Waals surface area contributed by atoms with Gasteiger partial charge in [-0.05, 0) is 42.5 Å². The average Bonchev–Trinajstić information content (AvgIpc) is 2.68. The van der Waals surface area contributed by atoms with Crippen LogP contribution in [-0.4, -0.2) is 47.2 Å². The summed E-state index contributed by atoms with van der Waals surface area (Å²) in [6, 6.07) is 9.50. The fourth-order valence-electron chi connectivity index (χ4n) is 2.67. The van der Waals surface area contributed by atoms with Gasteiger partial charge in [0, 0.05) is 24.3 Å². The molecule has 2 rings (SSSR count). The summed E-state index contributed by atoms with van der Waals surface area (Å²) in [5.74, 6) is -0.487. The van der Waals surface area contributed by atoms with Crippen molar-refractivity contribution >= 4 is 31.6 Å². The lowest BCUT2D eigenvalue weighted by Crippen LogP contribution is -2.30. The first-order valence-corrected chi connectivity index (χ1v) is 11.7. The third kappa shape index (κ3) is 5.12. The van der Waals surface area contributed by atoms with E-state index in [1.807, 2.05) is 0 Å². The van der Waals surface area contributed by atoms with Gasteiger partial charge in [-0.3, -0.25) is 4.79 Å². The number of benzene rings is 2. The van der Waals surface area contributed by atoms with E-state index in [-0.39, 0.29) is 26.8 Å². The Hall–Kier alpha value is -2.47. The summed E-state index contributed by atoms with van der Waals surface area (Å²) in [5, 5.41) is 7.72. The zero-order chi connectivity index (χ0) is 21.8. The third-order valence-corrected chi connectivity index (χ3v) is 7.18. The van der Waals surface area contributed by atoms with Gasteiger partial charge < -0.3 is 10.1 Å². The Morgan fingerprint density at radius 3 is 2.10 bits per heavy atom. The van der Waals surface area contributed by atoms with Gasteiger partial charge in [0.1, 0.15) is 10.6 Å². The van der Waals surface area contributed by atoms with E-state index in [0.29, 0.717) is 13.1 Å². The number of nitrogens with zero attached hydrogens (tertiary/aromatic N) is 1. The fraction of sp³-hybridized carbons (Fsp3) is 0.278. The molecule has 3 N–H and O–H groups in total. The van der Waals surface area contributed by atoms with Crippen LogP contribution in [0, 0.1) is 0 Å². The van der Waals surface area contributed by atoms with E-state index >= 15 is 0 Å². The normalized spacial score (nSPS) is 12.0. The average molecular weight is 442 g/mol. The molecule has 1 amide bonds. The highest BCUT2D eigenvalue weighted by molar-refractivity contribution is 7.89. The van der Waals surface area contributed by atoms with Crippen LogP contribution in [0.3, 0.4) is 0 Å². The number of nitrogens with two attached hydrogens (primary N) is 1. The van der Waals surface area contributed by atoms with Crippen molar-refractivity contribution < 1.29 is 26.4 Å². The van der Waals surface area contributed by atoms with Crippen molar-refractivity contribution in [2.24, 2.45) is 5.14 Å². The minimum atomic E-state index is -4.05. The number of hydrogen-bond donors (Lipinski definition) is 2. The minimum absolute atomic E-state index is 0.0523. The molecule has 0 heterocycles. The van der Waals surface area contributed by atoms with Crippen LogP contribution in [0.15, 0.2) is 52.3 Å². The highest BCUT2D eigenvalue weighted by Crippen LogP contribution is 2.26. The van der Waals surface area contributed by atoms with Gasteiger partial charge in [-0.25, -0.2) is 22.0 Å². The lowest BCUT2D eigenvalue weighted by molar-refractivity contribution is 0.102. The summed E-state index contributed by atoms with van der Waals surface area (Å²) in [4.78, 5) is 12.3. The summed E-state index contributed by atoms with van der Waals surface area (Å²) in [5.41, 5.74) is 0.399. The number of ether oxygens (including phenoxy) is 1. The van der Waals surface area contributed by atoms with E-state index < -0.39 is 26.0 Å². The number of hydrogen-bond acceptors (Lipinski definition) is 6. The predicted octanol–water partition coefficient (Wildman–Crippen LogP) is 1.63. The van der Waals surface area contributed by atoms with Crippen LogP contribution in [0.4, 0.5) is 5.69 Å². The molecule has 0 aliphatic heterocycles. The second kappa shape index (κ2) is 8.91. The topological polar surface area (TPSA) is 136 Å². The molecule has 0 fully saturated rings. The first-order valence-electron chi connectivity index (χ1n) is 8.67. The summed E-state index contributed by atoms with van der Waals surface area (Å²) in [6.45, 7) is 4.16. The first-order chi connectivity index (χ1) is 13.5. The van der Waals surface area contributed by atoms with E-state index in [1.54, 1.807) is 13.8 Å². The zero-order valence-electron chi connectivity index (χ0n) is 16.2. The summed E-state index contributed by atoms with van der Waals surface area (Å²) >= 11 is 0. The van der Waals surface area contributed by atoms with Gasteiger partial charge >= 0.3 is 0 Å². The molecule has 0 aromatic heterocycles. The van der Waals surface area contributed by atoms with Crippen molar-refractivity contribution in [3.8, 4) is 5.75 Å². The van der Waals surface area contributed by atoms with E-state index in [0.717, 1.165) is 0 Å². The molecule has 2 aromatic rings. The standard InChI is InChI=1S/C18H23N3O6S2/c1-4-21(5-2)29(25,26)15-9-6-13(7-10-15)18(22)20-14-8-11-16(27-3)17(12-14)28(19,23)24/h6-12H,4-5H2,1-3H3,(H,20,22)(H2,19,23,24). The maximum atomic E-state index is 12.5. The van der Waals surface area contributed by atoms with Crippen molar-refractivity contribution in [1.82, 2.24) is 4.31 Å². The number of rotatable bonds is 8. The molecule has 0 unspecified atom stereocenters. The van der Waals surface area contributed by atoms with Crippen LogP contribution < -0.4 is 15.2 Å². The Labute approximate surface area is 170 Å². The van der Waals surface area contributed by atoms with E-state index in [4.69, 9.17) is 9.88 Å². The highest BCUT2D eigenvalue weighted by Gasteiger charge is 2.22. The van der Waals surface area contributed by atoms with Gasteiger partial charge in [-0.2, -0.15) is 4.31 Å². The van der Waals surface area contributed by atoms with Gasteiger partial charge in [0.2, 0.25) is 20.0 Å². The summed E-state index contributed by atoms with van der Waals surface area (Å²) < 4.78 is 54.6. The molecule has 11 heteroatoms. The molecule has 9 nitrogen and oxygen atoms in total. The number of methoxy groups -OCH3 is 1. The fourth-order valence-corrected chi connectivity index (χ4v) is 4.85. The van der Waals surface area contributed by atoms with Crippen molar-refractivity contribution in [1.29, 1.82) is 0 Å². The van der Waals surface area contributed by atoms with Crippen molar-refractivity contribution in [2.75, 3.05) is 25.5 Å². The van der Waals surface area contributed by atoms with Crippen molar-refractivity contribution in [2.45, 2.75) is 23.6 Å². The van der Waals surface area contributed by atoms with Crippen LogP contribution in [0.1, 0.15) is 24.2 Å². The molecule has 0 bridgehead atoms. The number of nitrogens with one attached hydrogen (secondary N) is 1. The second-order valence-corrected chi connectivity index (χ2v) is 9.45. The van der Waals surface area contributed by atoms with Crippen molar-refractivity contribution in [3.05, 3.63) is 48.0 Å². The van der Waals surface area contributed by atoms with Gasteiger partial charge in [-0.15, -0.1) is 0 Å². The Morgan fingerprint density at radius 2 is 1.62 bits per heavy atom. The van der Waals surface area contributed by atoms with Crippen LogP contribution >= 0.6 is 0 Å². The molecular formula is C18H23N3O6S2. The Morgan fingerprint density at radius 1 is 1.03 bits per heavy atom. The van der Waals surface area contributed by atoms with Gasteiger partial charge in [0.05, 0.1) is 12.0 Å². The number of carbonyl (C=O) groups excluding carboxylic acids is 1. The predicted molar refractivity (Wildman–Crippen MR) is 109 cm³/mol. The summed E-state index contributed by atoms with van der Waals surface area (Å²) in [6.07, 6.45) is 0. The molecule has 0 aliphatic rings. The zero-order valence-corrected chi connectivity index (χ0v) is 17.9. The molecule has 0 saturated carbocycles. The minimum Gasteiger partial charge on any atom is -0.495 e. The molecular weight excluding hydrogens is 418 g/mol. The SMILES string of the molecule is CCN(CC)S(=O)(=O)c1ccc(C(=O)Nc2ccc(OC)c(S(N)(=O)=O)c2)cc1. The smallest absolute Gasteiger partial charge is 0.255 e. The summed E-state index contributed by atoms with van der Waals surface area (Å²) in [7, 11) is -6.37. The van der Waals surface area contributed by atoms with Crippen LogP contribution in [-0.2, 0) is 20.0 Å².